The van der Waals surface area contributed by atoms with E-state index in [0.29, 0.717) is 24.2 Å². The van der Waals surface area contributed by atoms with Crippen LogP contribution in [0.3, 0.4) is 0 Å². The van der Waals surface area contributed by atoms with Gasteiger partial charge in [-0.15, -0.1) is 0 Å². The maximum Gasteiger partial charge on any atom is 0.410 e. The van der Waals surface area contributed by atoms with Gasteiger partial charge in [0.2, 0.25) is 0 Å². The molecule has 0 spiro atoms. The van der Waals surface area contributed by atoms with E-state index in [0.717, 1.165) is 9.54 Å². The third-order valence-electron chi connectivity index (χ3n) is 7.46. The summed E-state index contributed by atoms with van der Waals surface area (Å²) < 4.78 is 45.2. The summed E-state index contributed by atoms with van der Waals surface area (Å²) in [5.41, 5.74) is -0.455. The van der Waals surface area contributed by atoms with Gasteiger partial charge in [-0.2, -0.15) is 0 Å². The largest absolute Gasteiger partial charge is 0.465 e. The van der Waals surface area contributed by atoms with Crippen LogP contribution in [0.4, 0.5) is 10.5 Å². The normalized spacial score (nSPS) is 17.1. The van der Waals surface area contributed by atoms with Gasteiger partial charge in [0, 0.05) is 31.2 Å². The summed E-state index contributed by atoms with van der Waals surface area (Å²) in [4.78, 5) is 29.0. The second-order valence-electron chi connectivity index (χ2n) is 11.7. The first-order valence-electron chi connectivity index (χ1n) is 13.3. The fourth-order valence-corrected chi connectivity index (χ4v) is 6.67. The minimum absolute atomic E-state index is 0.00672. The molecule has 0 unspecified atom stereocenters. The van der Waals surface area contributed by atoms with E-state index < -0.39 is 33.3 Å². The number of hydrogen-bond acceptors (Lipinski definition) is 9. The lowest BCUT2D eigenvalue weighted by Crippen LogP contribution is -2.61. The number of anilines is 1. The molecule has 0 atom stereocenters. The Bertz CT molecular complexity index is 1610. The van der Waals surface area contributed by atoms with Gasteiger partial charge in [-0.25, -0.2) is 22.0 Å². The van der Waals surface area contributed by atoms with Gasteiger partial charge < -0.3 is 29.1 Å². The Morgan fingerprint density at radius 1 is 1.10 bits per heavy atom. The van der Waals surface area contributed by atoms with Crippen LogP contribution in [-0.4, -0.2) is 86.6 Å². The molecule has 12 heteroatoms. The maximum atomic E-state index is 14.2. The van der Waals surface area contributed by atoms with Crippen molar-refractivity contribution in [3.63, 3.8) is 0 Å². The van der Waals surface area contributed by atoms with E-state index in [2.05, 4.69) is 0 Å². The van der Waals surface area contributed by atoms with Crippen LogP contribution in [0, 0.1) is 6.92 Å². The third kappa shape index (κ3) is 5.04. The SMILES string of the molecule is COC(=O)c1ccc(N(C)C2CN(C(=O)OC(C)(C)C)C2)c2cc(C3(O)COC3)n(S(=O)(=O)c3ccc(C)cc3)c12. The Hall–Kier alpha value is -3.61. The molecule has 220 valence electrons. The summed E-state index contributed by atoms with van der Waals surface area (Å²) >= 11 is 0. The Kier molecular flexibility index (Phi) is 7.07. The molecular formula is C29H35N3O8S. The highest BCUT2D eigenvalue weighted by molar-refractivity contribution is 7.90. The molecule has 1 aromatic heterocycles. The van der Waals surface area contributed by atoms with E-state index in [1.54, 1.807) is 29.2 Å². The molecule has 11 nitrogen and oxygen atoms in total. The van der Waals surface area contributed by atoms with Crippen LogP contribution < -0.4 is 4.90 Å². The molecule has 2 saturated heterocycles. The van der Waals surface area contributed by atoms with Crippen LogP contribution in [0.25, 0.3) is 10.9 Å². The first kappa shape index (κ1) is 28.9. The Morgan fingerprint density at radius 2 is 1.73 bits per heavy atom. The molecule has 1 amide bonds. The van der Waals surface area contributed by atoms with E-state index in [9.17, 15) is 23.1 Å². The summed E-state index contributed by atoms with van der Waals surface area (Å²) in [5.74, 6) is -0.717. The molecule has 1 N–H and O–H groups in total. The molecule has 0 bridgehead atoms. The molecule has 5 rings (SSSR count). The summed E-state index contributed by atoms with van der Waals surface area (Å²) in [6, 6.07) is 11.1. The molecule has 3 aromatic rings. The second-order valence-corrected chi connectivity index (χ2v) is 13.5. The summed E-state index contributed by atoms with van der Waals surface area (Å²) in [6.45, 7) is 7.88. The zero-order valence-electron chi connectivity index (χ0n) is 24.0. The topological polar surface area (TPSA) is 128 Å². The van der Waals surface area contributed by atoms with Gasteiger partial charge in [0.15, 0.2) is 5.60 Å². The summed E-state index contributed by atoms with van der Waals surface area (Å²) in [5, 5.41) is 11.8. The predicted molar refractivity (Wildman–Crippen MR) is 152 cm³/mol. The van der Waals surface area contributed by atoms with E-state index in [1.807, 2.05) is 39.6 Å². The number of amides is 1. The number of nitrogens with zero attached hydrogens (tertiary/aromatic N) is 3. The number of rotatable bonds is 6. The van der Waals surface area contributed by atoms with Gasteiger partial charge in [0.05, 0.1) is 48.0 Å². The molecule has 2 aliphatic rings. The zero-order valence-corrected chi connectivity index (χ0v) is 24.8. The molecule has 0 radical (unpaired) electrons. The molecule has 3 heterocycles. The van der Waals surface area contributed by atoms with Crippen LogP contribution in [0.5, 0.6) is 0 Å². The van der Waals surface area contributed by atoms with Crippen molar-refractivity contribution in [3.05, 3.63) is 59.3 Å². The number of aromatic nitrogens is 1. The van der Waals surface area contributed by atoms with E-state index >= 15 is 0 Å². The lowest BCUT2D eigenvalue weighted by Gasteiger charge is -2.45. The van der Waals surface area contributed by atoms with Crippen molar-refractivity contribution in [1.82, 2.24) is 8.87 Å². The Balaban J connectivity index is 1.65. The van der Waals surface area contributed by atoms with Crippen LogP contribution in [0.2, 0.25) is 0 Å². The van der Waals surface area contributed by atoms with Gasteiger partial charge >= 0.3 is 12.1 Å². The molecule has 2 aromatic carbocycles. The number of ether oxygens (including phenoxy) is 3. The molecule has 2 aliphatic heterocycles. The number of carbonyl (C=O) groups is 2. The van der Waals surface area contributed by atoms with Crippen LogP contribution in [-0.2, 0) is 29.8 Å². The van der Waals surface area contributed by atoms with E-state index in [1.165, 1.54) is 25.3 Å². The average Bonchev–Trinajstić information content (AvgIpc) is 3.26. The van der Waals surface area contributed by atoms with Gasteiger partial charge in [-0.3, -0.25) is 0 Å². The Morgan fingerprint density at radius 3 is 2.27 bits per heavy atom. The van der Waals surface area contributed by atoms with Gasteiger partial charge in [-0.05, 0) is 58.0 Å². The number of aliphatic hydroxyl groups is 1. The highest BCUT2D eigenvalue weighted by atomic mass is 32.2. The van der Waals surface area contributed by atoms with Crippen LogP contribution in [0.1, 0.15) is 42.4 Å². The molecule has 2 fully saturated rings. The number of likely N-dealkylation sites (N-methyl/N-ethyl adjacent to an activating group) is 1. The van der Waals surface area contributed by atoms with Gasteiger partial charge in [0.25, 0.3) is 10.0 Å². The van der Waals surface area contributed by atoms with Gasteiger partial charge in [-0.1, -0.05) is 17.7 Å². The van der Waals surface area contributed by atoms with Crippen molar-refractivity contribution in [1.29, 1.82) is 0 Å². The minimum atomic E-state index is -4.28. The van der Waals surface area contributed by atoms with Crippen LogP contribution >= 0.6 is 0 Å². The number of benzene rings is 2. The molecular weight excluding hydrogens is 550 g/mol. The third-order valence-corrected chi connectivity index (χ3v) is 9.19. The first-order chi connectivity index (χ1) is 19.2. The number of esters is 1. The minimum Gasteiger partial charge on any atom is -0.465 e. The number of methoxy groups -OCH3 is 1. The predicted octanol–water partition coefficient (Wildman–Crippen LogP) is 3.25. The fourth-order valence-electron chi connectivity index (χ4n) is 5.06. The molecule has 0 saturated carbocycles. The number of carbonyl (C=O) groups excluding carboxylic acids is 2. The van der Waals surface area contributed by atoms with Crippen molar-refractivity contribution in [2.24, 2.45) is 0 Å². The van der Waals surface area contributed by atoms with Crippen molar-refractivity contribution in [2.45, 2.75) is 49.8 Å². The first-order valence-corrected chi connectivity index (χ1v) is 14.7. The summed E-state index contributed by atoms with van der Waals surface area (Å²) in [6.07, 6.45) is -0.404. The smallest absolute Gasteiger partial charge is 0.410 e. The lowest BCUT2D eigenvalue weighted by molar-refractivity contribution is -0.187. The van der Waals surface area contributed by atoms with Crippen molar-refractivity contribution >= 4 is 38.7 Å². The monoisotopic (exact) mass is 585 g/mol. The number of hydrogen-bond donors (Lipinski definition) is 1. The van der Waals surface area contributed by atoms with Crippen molar-refractivity contribution in [3.8, 4) is 0 Å². The zero-order chi connectivity index (χ0) is 29.9. The highest BCUT2D eigenvalue weighted by Gasteiger charge is 2.45. The van der Waals surface area contributed by atoms with Gasteiger partial charge in [0.1, 0.15) is 5.60 Å². The quantitative estimate of drug-likeness (QED) is 0.434. The standard InChI is InChI=1S/C29H35N3O8S/c1-18-7-9-20(10-8-18)41(36,37)32-24(29(35)16-39-17-29)13-22-23(12-11-21(25(22)32)26(33)38-6)30(5)19-14-31(15-19)27(34)40-28(2,3)4/h7-13,19,35H,14-17H2,1-6H3. The molecule has 0 aliphatic carbocycles. The number of likely N-dealkylation sites (tertiary alicyclic amines) is 1. The van der Waals surface area contributed by atoms with E-state index in [-0.39, 0.29) is 40.9 Å². The van der Waals surface area contributed by atoms with Crippen LogP contribution in [0.15, 0.2) is 47.4 Å². The molecule has 41 heavy (non-hydrogen) atoms. The number of fused-ring (bicyclic) bond motifs is 1. The Labute approximate surface area is 239 Å². The van der Waals surface area contributed by atoms with E-state index in [4.69, 9.17) is 14.2 Å². The maximum absolute atomic E-state index is 14.2. The number of aryl methyl sites for hydroxylation is 1. The average molecular weight is 586 g/mol. The lowest BCUT2D eigenvalue weighted by atomic mass is 9.97. The fraction of sp³-hybridized carbons (Fsp3) is 0.448. The second kappa shape index (κ2) is 10.0. The van der Waals surface area contributed by atoms with Crippen molar-refractivity contribution < 1.29 is 37.3 Å². The summed E-state index contributed by atoms with van der Waals surface area (Å²) in [7, 11) is -1.21. The highest BCUT2D eigenvalue weighted by Crippen LogP contribution is 2.41. The van der Waals surface area contributed by atoms with Crippen molar-refractivity contribution in [2.75, 3.05) is 45.4 Å².